The average molecular weight is 277 g/mol. The third-order valence-corrected chi connectivity index (χ3v) is 3.60. The van der Waals surface area contributed by atoms with E-state index < -0.39 is 0 Å². The van der Waals surface area contributed by atoms with Gasteiger partial charge in [-0.25, -0.2) is 4.98 Å². The summed E-state index contributed by atoms with van der Waals surface area (Å²) in [6.45, 7) is 12.7. The van der Waals surface area contributed by atoms with E-state index in [9.17, 15) is 0 Å². The number of nitrogens with one attached hydrogen (secondary N) is 1. The van der Waals surface area contributed by atoms with Crippen LogP contribution < -0.4 is 10.2 Å². The van der Waals surface area contributed by atoms with Crippen LogP contribution in [0.3, 0.4) is 0 Å². The molecule has 0 spiro atoms. The summed E-state index contributed by atoms with van der Waals surface area (Å²) in [5, 5.41) is 3.46. The first-order chi connectivity index (χ1) is 9.35. The number of nitrogens with zero attached hydrogens (tertiary/aromatic N) is 4. The molecule has 0 aromatic carbocycles. The predicted octanol–water partition coefficient (Wildman–Crippen LogP) is 1.50. The van der Waals surface area contributed by atoms with Crippen LogP contribution in [-0.2, 0) is 6.54 Å². The van der Waals surface area contributed by atoms with Gasteiger partial charge in [0.05, 0.1) is 11.9 Å². The highest BCUT2D eigenvalue weighted by Gasteiger charge is 2.23. The minimum absolute atomic E-state index is 0.0960. The molecule has 20 heavy (non-hydrogen) atoms. The highest BCUT2D eigenvalue weighted by molar-refractivity contribution is 5.38. The second kappa shape index (κ2) is 6.06. The maximum atomic E-state index is 4.76. The maximum absolute atomic E-state index is 4.76. The molecule has 2 heterocycles. The SMILES string of the molecule is CC1CN(C)CCN1c1cncc(CNC(C)(C)C)n1. The Bertz CT molecular complexity index is 440. The van der Waals surface area contributed by atoms with Crippen molar-refractivity contribution in [3.05, 3.63) is 18.1 Å². The van der Waals surface area contributed by atoms with Gasteiger partial charge in [0.1, 0.15) is 5.82 Å². The Morgan fingerprint density at radius 2 is 2.05 bits per heavy atom. The Morgan fingerprint density at radius 1 is 1.30 bits per heavy atom. The topological polar surface area (TPSA) is 44.3 Å². The van der Waals surface area contributed by atoms with E-state index in [1.54, 1.807) is 0 Å². The summed E-state index contributed by atoms with van der Waals surface area (Å²) in [5.74, 6) is 0.999. The molecule has 1 aliphatic rings. The van der Waals surface area contributed by atoms with Crippen molar-refractivity contribution in [2.75, 3.05) is 31.6 Å². The van der Waals surface area contributed by atoms with Gasteiger partial charge in [-0.05, 0) is 34.7 Å². The van der Waals surface area contributed by atoms with Gasteiger partial charge in [-0.3, -0.25) is 4.98 Å². The molecular formula is C15H27N5. The van der Waals surface area contributed by atoms with E-state index in [1.807, 2.05) is 12.4 Å². The minimum atomic E-state index is 0.0960. The summed E-state index contributed by atoms with van der Waals surface area (Å²) in [5.41, 5.74) is 1.10. The van der Waals surface area contributed by atoms with Crippen molar-refractivity contribution in [2.24, 2.45) is 0 Å². The number of hydrogen-bond acceptors (Lipinski definition) is 5. The predicted molar refractivity (Wildman–Crippen MR) is 82.9 cm³/mol. The van der Waals surface area contributed by atoms with E-state index in [-0.39, 0.29) is 5.54 Å². The Kier molecular flexibility index (Phi) is 4.60. The number of rotatable bonds is 3. The zero-order chi connectivity index (χ0) is 14.8. The lowest BCUT2D eigenvalue weighted by Crippen LogP contribution is -2.51. The summed E-state index contributed by atoms with van der Waals surface area (Å²) in [4.78, 5) is 13.8. The molecule has 1 N–H and O–H groups in total. The molecule has 0 bridgehead atoms. The van der Waals surface area contributed by atoms with Crippen molar-refractivity contribution in [1.29, 1.82) is 0 Å². The molecule has 0 radical (unpaired) electrons. The molecule has 1 unspecified atom stereocenters. The number of aromatic nitrogens is 2. The van der Waals surface area contributed by atoms with Crippen molar-refractivity contribution in [2.45, 2.75) is 45.8 Å². The molecule has 1 fully saturated rings. The standard InChI is InChI=1S/C15H27N5/c1-12-11-19(5)6-7-20(12)14-10-16-8-13(18-14)9-17-15(2,3)4/h8,10,12,17H,6-7,9,11H2,1-5H3. The van der Waals surface area contributed by atoms with Gasteiger partial charge in [-0.15, -0.1) is 0 Å². The quantitative estimate of drug-likeness (QED) is 0.907. The number of likely N-dealkylation sites (N-methyl/N-ethyl adjacent to an activating group) is 1. The maximum Gasteiger partial charge on any atom is 0.147 e. The molecule has 5 heteroatoms. The van der Waals surface area contributed by atoms with Crippen molar-refractivity contribution < 1.29 is 0 Å². The van der Waals surface area contributed by atoms with Crippen molar-refractivity contribution in [3.8, 4) is 0 Å². The van der Waals surface area contributed by atoms with Crippen LogP contribution in [-0.4, -0.2) is 53.1 Å². The average Bonchev–Trinajstić information content (AvgIpc) is 2.36. The Morgan fingerprint density at radius 3 is 2.70 bits per heavy atom. The fourth-order valence-electron chi connectivity index (χ4n) is 2.45. The van der Waals surface area contributed by atoms with Gasteiger partial charge in [0.2, 0.25) is 0 Å². The van der Waals surface area contributed by atoms with Crippen LogP contribution in [0, 0.1) is 0 Å². The fraction of sp³-hybridized carbons (Fsp3) is 0.733. The lowest BCUT2D eigenvalue weighted by Gasteiger charge is -2.38. The van der Waals surface area contributed by atoms with E-state index >= 15 is 0 Å². The highest BCUT2D eigenvalue weighted by atomic mass is 15.3. The Balaban J connectivity index is 2.05. The summed E-state index contributed by atoms with van der Waals surface area (Å²) in [6.07, 6.45) is 3.73. The summed E-state index contributed by atoms with van der Waals surface area (Å²) in [7, 11) is 2.17. The number of anilines is 1. The van der Waals surface area contributed by atoms with Crippen LogP contribution in [0.5, 0.6) is 0 Å². The smallest absolute Gasteiger partial charge is 0.147 e. The van der Waals surface area contributed by atoms with Gasteiger partial charge in [0, 0.05) is 44.0 Å². The summed E-state index contributed by atoms with van der Waals surface area (Å²) >= 11 is 0. The zero-order valence-electron chi connectivity index (χ0n) is 13.3. The summed E-state index contributed by atoms with van der Waals surface area (Å²) in [6, 6.07) is 0.480. The highest BCUT2D eigenvalue weighted by Crippen LogP contribution is 2.17. The molecule has 5 nitrogen and oxygen atoms in total. The first-order valence-electron chi connectivity index (χ1n) is 7.36. The molecule has 0 saturated carbocycles. The largest absolute Gasteiger partial charge is 0.350 e. The lowest BCUT2D eigenvalue weighted by molar-refractivity contribution is 0.274. The Hall–Kier alpha value is -1.20. The van der Waals surface area contributed by atoms with Gasteiger partial charge in [0.15, 0.2) is 0 Å². The molecule has 0 aliphatic carbocycles. The van der Waals surface area contributed by atoms with Crippen molar-refractivity contribution in [3.63, 3.8) is 0 Å². The van der Waals surface area contributed by atoms with Gasteiger partial charge >= 0.3 is 0 Å². The van der Waals surface area contributed by atoms with Crippen LogP contribution in [0.25, 0.3) is 0 Å². The number of hydrogen-bond donors (Lipinski definition) is 1. The molecule has 1 saturated heterocycles. The first kappa shape index (κ1) is 15.2. The van der Waals surface area contributed by atoms with Gasteiger partial charge in [0.25, 0.3) is 0 Å². The summed E-state index contributed by atoms with van der Waals surface area (Å²) < 4.78 is 0. The molecule has 2 rings (SSSR count). The van der Waals surface area contributed by atoms with E-state index in [0.29, 0.717) is 6.04 Å². The van der Waals surface area contributed by atoms with E-state index in [2.05, 4.69) is 54.8 Å². The molecular weight excluding hydrogens is 250 g/mol. The van der Waals surface area contributed by atoms with Crippen LogP contribution in [0.15, 0.2) is 12.4 Å². The van der Waals surface area contributed by atoms with Crippen molar-refractivity contribution in [1.82, 2.24) is 20.2 Å². The third-order valence-electron chi connectivity index (χ3n) is 3.60. The van der Waals surface area contributed by atoms with Crippen LogP contribution in [0.1, 0.15) is 33.4 Å². The number of piperazine rings is 1. The Labute approximate surface area is 122 Å². The van der Waals surface area contributed by atoms with Crippen LogP contribution in [0.4, 0.5) is 5.82 Å². The second-order valence-corrected chi connectivity index (χ2v) is 6.78. The molecule has 1 aromatic heterocycles. The van der Waals surface area contributed by atoms with Crippen molar-refractivity contribution >= 4 is 5.82 Å². The van der Waals surface area contributed by atoms with Crippen LogP contribution in [0.2, 0.25) is 0 Å². The van der Waals surface area contributed by atoms with E-state index in [4.69, 9.17) is 4.98 Å². The molecule has 1 atom stereocenters. The third kappa shape index (κ3) is 4.15. The zero-order valence-corrected chi connectivity index (χ0v) is 13.3. The lowest BCUT2D eigenvalue weighted by atomic mass is 10.1. The van der Waals surface area contributed by atoms with Gasteiger partial charge < -0.3 is 15.1 Å². The molecule has 1 aromatic rings. The van der Waals surface area contributed by atoms with Gasteiger partial charge in [-0.1, -0.05) is 0 Å². The van der Waals surface area contributed by atoms with Crippen LogP contribution >= 0.6 is 0 Å². The monoisotopic (exact) mass is 277 g/mol. The molecule has 0 amide bonds. The fourth-order valence-corrected chi connectivity index (χ4v) is 2.45. The normalized spacial score (nSPS) is 21.2. The minimum Gasteiger partial charge on any atom is -0.350 e. The second-order valence-electron chi connectivity index (χ2n) is 6.78. The molecule has 1 aliphatic heterocycles. The molecule has 112 valence electrons. The van der Waals surface area contributed by atoms with E-state index in [1.165, 1.54) is 0 Å². The first-order valence-corrected chi connectivity index (χ1v) is 7.36. The van der Waals surface area contributed by atoms with Gasteiger partial charge in [-0.2, -0.15) is 0 Å². The van der Waals surface area contributed by atoms with E-state index in [0.717, 1.165) is 37.7 Å².